The fraction of sp³-hybridized carbons (Fsp3) is 0.500. The van der Waals surface area contributed by atoms with Crippen LogP contribution in [-0.2, 0) is 9.59 Å². The highest BCUT2D eigenvalue weighted by molar-refractivity contribution is 6.31. The van der Waals surface area contributed by atoms with Crippen molar-refractivity contribution in [2.45, 2.75) is 33.1 Å². The minimum Gasteiger partial charge on any atom is -0.494 e. The lowest BCUT2D eigenvalue weighted by Crippen LogP contribution is -2.37. The molecular formula is C16H23ClN2O3. The van der Waals surface area contributed by atoms with Gasteiger partial charge in [0.1, 0.15) is 5.75 Å². The fourth-order valence-electron chi connectivity index (χ4n) is 1.72. The second kappa shape index (κ2) is 10.1. The highest BCUT2D eigenvalue weighted by Gasteiger charge is 2.05. The van der Waals surface area contributed by atoms with Crippen LogP contribution < -0.4 is 15.4 Å². The van der Waals surface area contributed by atoms with Gasteiger partial charge in [-0.25, -0.2) is 0 Å². The molecule has 2 amide bonds. The van der Waals surface area contributed by atoms with Crippen LogP contribution in [0.2, 0.25) is 5.02 Å². The van der Waals surface area contributed by atoms with Crippen LogP contribution in [0.3, 0.4) is 0 Å². The minimum absolute atomic E-state index is 0.0239. The number of amides is 2. The number of hydrogen-bond acceptors (Lipinski definition) is 3. The number of carbonyl (C=O) groups is 2. The van der Waals surface area contributed by atoms with E-state index < -0.39 is 0 Å². The van der Waals surface area contributed by atoms with Crippen molar-refractivity contribution in [2.75, 3.05) is 19.7 Å². The van der Waals surface area contributed by atoms with Crippen LogP contribution in [0.4, 0.5) is 0 Å². The molecule has 0 saturated carbocycles. The summed E-state index contributed by atoms with van der Waals surface area (Å²) >= 11 is 5.93. The molecule has 5 nitrogen and oxygen atoms in total. The van der Waals surface area contributed by atoms with E-state index >= 15 is 0 Å². The summed E-state index contributed by atoms with van der Waals surface area (Å²) in [6.45, 7) is 4.98. The maximum atomic E-state index is 11.6. The molecule has 1 aromatic rings. The van der Waals surface area contributed by atoms with Crippen molar-refractivity contribution in [3.8, 4) is 5.75 Å². The molecule has 0 heterocycles. The number of halogens is 1. The summed E-state index contributed by atoms with van der Waals surface area (Å²) in [4.78, 5) is 22.9. The van der Waals surface area contributed by atoms with Crippen LogP contribution in [-0.4, -0.2) is 31.5 Å². The van der Waals surface area contributed by atoms with Gasteiger partial charge in [-0.15, -0.1) is 0 Å². The molecule has 1 aromatic carbocycles. The Morgan fingerprint density at radius 3 is 2.68 bits per heavy atom. The first kappa shape index (κ1) is 18.3. The summed E-state index contributed by atoms with van der Waals surface area (Å²) in [6.07, 6.45) is 1.79. The molecule has 6 heteroatoms. The molecule has 0 bridgehead atoms. The van der Waals surface area contributed by atoms with Crippen molar-refractivity contribution >= 4 is 23.4 Å². The lowest BCUT2D eigenvalue weighted by atomic mass is 10.2. The van der Waals surface area contributed by atoms with E-state index in [4.69, 9.17) is 16.3 Å². The quantitative estimate of drug-likeness (QED) is 0.685. The molecule has 0 aromatic heterocycles. The van der Waals surface area contributed by atoms with Gasteiger partial charge < -0.3 is 15.4 Å². The summed E-state index contributed by atoms with van der Waals surface area (Å²) in [5.41, 5.74) is 0.954. The molecule has 0 fully saturated rings. The molecule has 0 spiro atoms. The molecule has 22 heavy (non-hydrogen) atoms. The maximum absolute atomic E-state index is 11.6. The number of nitrogens with one attached hydrogen (secondary N) is 2. The van der Waals surface area contributed by atoms with Gasteiger partial charge in [0.2, 0.25) is 11.8 Å². The summed E-state index contributed by atoms with van der Waals surface area (Å²) in [6, 6.07) is 5.45. The average Bonchev–Trinajstić information content (AvgIpc) is 2.50. The SMILES string of the molecule is CCCNC(=O)CNC(=O)CCCOc1ccc(Cl)c(C)c1. The number of rotatable bonds is 9. The van der Waals surface area contributed by atoms with E-state index in [0.29, 0.717) is 31.0 Å². The van der Waals surface area contributed by atoms with E-state index in [9.17, 15) is 9.59 Å². The van der Waals surface area contributed by atoms with E-state index in [1.807, 2.05) is 19.9 Å². The standard InChI is InChI=1S/C16H23ClN2O3/c1-3-8-18-16(21)11-19-15(20)5-4-9-22-13-6-7-14(17)12(2)10-13/h6-7,10H,3-5,8-9,11H2,1-2H3,(H,18,21)(H,19,20). The van der Waals surface area contributed by atoms with E-state index in [1.165, 1.54) is 0 Å². The highest BCUT2D eigenvalue weighted by Crippen LogP contribution is 2.21. The largest absolute Gasteiger partial charge is 0.494 e. The van der Waals surface area contributed by atoms with Gasteiger partial charge in [0.05, 0.1) is 13.2 Å². The Kier molecular flexibility index (Phi) is 8.36. The summed E-state index contributed by atoms with van der Waals surface area (Å²) < 4.78 is 5.55. The number of hydrogen-bond donors (Lipinski definition) is 2. The second-order valence-electron chi connectivity index (χ2n) is 4.99. The molecule has 0 aliphatic heterocycles. The van der Waals surface area contributed by atoms with Crippen LogP contribution in [0.25, 0.3) is 0 Å². The number of ether oxygens (including phenoxy) is 1. The fourth-order valence-corrected chi connectivity index (χ4v) is 1.84. The van der Waals surface area contributed by atoms with E-state index in [2.05, 4.69) is 10.6 Å². The van der Waals surface area contributed by atoms with Crippen LogP contribution in [0, 0.1) is 6.92 Å². The number of aryl methyl sites for hydroxylation is 1. The van der Waals surface area contributed by atoms with Gasteiger partial charge in [-0.2, -0.15) is 0 Å². The van der Waals surface area contributed by atoms with Crippen molar-refractivity contribution in [1.82, 2.24) is 10.6 Å². The van der Waals surface area contributed by atoms with Crippen LogP contribution in [0.5, 0.6) is 5.75 Å². The van der Waals surface area contributed by atoms with Crippen molar-refractivity contribution < 1.29 is 14.3 Å². The van der Waals surface area contributed by atoms with Crippen molar-refractivity contribution in [3.63, 3.8) is 0 Å². The van der Waals surface area contributed by atoms with Crippen molar-refractivity contribution in [1.29, 1.82) is 0 Å². The van der Waals surface area contributed by atoms with Gasteiger partial charge in [-0.3, -0.25) is 9.59 Å². The summed E-state index contributed by atoms with van der Waals surface area (Å²) in [5.74, 6) is 0.423. The van der Waals surface area contributed by atoms with Gasteiger partial charge in [0.25, 0.3) is 0 Å². The van der Waals surface area contributed by atoms with Crippen molar-refractivity contribution in [3.05, 3.63) is 28.8 Å². The lowest BCUT2D eigenvalue weighted by molar-refractivity contribution is -0.126. The molecule has 1 rings (SSSR count). The Morgan fingerprint density at radius 1 is 1.23 bits per heavy atom. The van der Waals surface area contributed by atoms with Crippen molar-refractivity contribution in [2.24, 2.45) is 0 Å². The molecule has 0 radical (unpaired) electrons. The van der Waals surface area contributed by atoms with Crippen LogP contribution in [0.15, 0.2) is 18.2 Å². The molecule has 0 aliphatic rings. The first-order valence-electron chi connectivity index (χ1n) is 7.45. The van der Waals surface area contributed by atoms with Gasteiger partial charge in [0.15, 0.2) is 0 Å². The predicted molar refractivity (Wildman–Crippen MR) is 87.2 cm³/mol. The molecular weight excluding hydrogens is 304 g/mol. The Hall–Kier alpha value is -1.75. The first-order chi connectivity index (χ1) is 10.5. The molecule has 0 atom stereocenters. The zero-order valence-electron chi connectivity index (χ0n) is 13.1. The maximum Gasteiger partial charge on any atom is 0.239 e. The zero-order chi connectivity index (χ0) is 16.4. The predicted octanol–water partition coefficient (Wildman–Crippen LogP) is 2.45. The van der Waals surface area contributed by atoms with E-state index in [0.717, 1.165) is 17.7 Å². The molecule has 0 aliphatic carbocycles. The zero-order valence-corrected chi connectivity index (χ0v) is 13.8. The number of carbonyl (C=O) groups excluding carboxylic acids is 2. The van der Waals surface area contributed by atoms with Gasteiger partial charge in [-0.1, -0.05) is 18.5 Å². The lowest BCUT2D eigenvalue weighted by Gasteiger charge is -2.08. The monoisotopic (exact) mass is 326 g/mol. The topological polar surface area (TPSA) is 67.4 Å². The molecule has 0 saturated heterocycles. The van der Waals surface area contributed by atoms with E-state index in [-0.39, 0.29) is 18.4 Å². The summed E-state index contributed by atoms with van der Waals surface area (Å²) in [7, 11) is 0. The molecule has 0 unspecified atom stereocenters. The Labute approximate surface area is 136 Å². The van der Waals surface area contributed by atoms with Gasteiger partial charge in [0, 0.05) is 18.0 Å². The first-order valence-corrected chi connectivity index (χ1v) is 7.83. The minimum atomic E-state index is -0.164. The van der Waals surface area contributed by atoms with Gasteiger partial charge in [-0.05, 0) is 43.5 Å². The van der Waals surface area contributed by atoms with Crippen LogP contribution >= 0.6 is 11.6 Å². The second-order valence-corrected chi connectivity index (χ2v) is 5.40. The van der Waals surface area contributed by atoms with Crippen LogP contribution in [0.1, 0.15) is 31.7 Å². The third-order valence-corrected chi connectivity index (χ3v) is 3.39. The number of benzene rings is 1. The molecule has 2 N–H and O–H groups in total. The average molecular weight is 327 g/mol. The van der Waals surface area contributed by atoms with Gasteiger partial charge >= 0.3 is 0 Å². The van der Waals surface area contributed by atoms with E-state index in [1.54, 1.807) is 12.1 Å². The molecule has 122 valence electrons. The Balaban J connectivity index is 2.14. The smallest absolute Gasteiger partial charge is 0.239 e. The highest BCUT2D eigenvalue weighted by atomic mass is 35.5. The Bertz CT molecular complexity index is 506. The third kappa shape index (κ3) is 7.31. The summed E-state index contributed by atoms with van der Waals surface area (Å²) in [5, 5.41) is 5.98. The normalized spacial score (nSPS) is 10.1. The Morgan fingerprint density at radius 2 is 2.00 bits per heavy atom. The third-order valence-electron chi connectivity index (χ3n) is 2.96.